The van der Waals surface area contributed by atoms with Crippen LogP contribution >= 0.6 is 0 Å². The molecule has 1 N–H and O–H groups in total. The van der Waals surface area contributed by atoms with Crippen molar-refractivity contribution in [3.63, 3.8) is 0 Å². The van der Waals surface area contributed by atoms with Crippen molar-refractivity contribution in [3.05, 3.63) is 183 Å². The molecule has 3 spiro atoms. The van der Waals surface area contributed by atoms with Gasteiger partial charge in [-0.2, -0.15) is 0 Å². The maximum absolute atomic E-state index is 15.8. The van der Waals surface area contributed by atoms with Gasteiger partial charge in [0.15, 0.2) is 28.9 Å². The van der Waals surface area contributed by atoms with Gasteiger partial charge in [0.2, 0.25) is 0 Å². The second-order valence-electron chi connectivity index (χ2n) is 14.1. The smallest absolute Gasteiger partial charge is 0.190 e. The number of ketones is 5. The summed E-state index contributed by atoms with van der Waals surface area (Å²) in [5.74, 6) is -5.37. The molecule has 49 heavy (non-hydrogen) atoms. The number of hydrogen-bond donors (Lipinski definition) is 1. The van der Waals surface area contributed by atoms with Crippen LogP contribution in [0.3, 0.4) is 0 Å². The minimum atomic E-state index is -2.24. The lowest BCUT2D eigenvalue weighted by molar-refractivity contribution is -0.161. The number of carbonyl (C=O) groups is 5. The van der Waals surface area contributed by atoms with E-state index in [4.69, 9.17) is 0 Å². The van der Waals surface area contributed by atoms with Crippen LogP contribution in [0.4, 0.5) is 0 Å². The van der Waals surface area contributed by atoms with E-state index in [0.717, 1.165) is 0 Å². The summed E-state index contributed by atoms with van der Waals surface area (Å²) in [6, 6.07) is 36.1. The first kappa shape index (κ1) is 27.1. The number of allylic oxidation sites excluding steroid dienone is 1. The van der Waals surface area contributed by atoms with Crippen molar-refractivity contribution < 1.29 is 29.1 Å². The van der Waals surface area contributed by atoms with E-state index in [-0.39, 0.29) is 39.0 Å². The maximum Gasteiger partial charge on any atom is 0.190 e. The van der Waals surface area contributed by atoms with Gasteiger partial charge in [-0.15, -0.1) is 0 Å². The number of fused-ring (bicyclic) bond motifs is 4. The summed E-state index contributed by atoms with van der Waals surface area (Å²) >= 11 is 0. The zero-order valence-electron chi connectivity index (χ0n) is 25.8. The summed E-state index contributed by atoms with van der Waals surface area (Å²) in [6.45, 7) is 0. The summed E-state index contributed by atoms with van der Waals surface area (Å²) < 4.78 is 0. The van der Waals surface area contributed by atoms with Crippen molar-refractivity contribution in [1.82, 2.24) is 0 Å². The fraction of sp³-hybridized carbons (Fsp3) is 0.140. The molecule has 7 aliphatic carbocycles. The van der Waals surface area contributed by atoms with Crippen molar-refractivity contribution in [3.8, 4) is 0 Å². The SMILES string of the molecule is O=C1C2=C3c4ccccc4C(=O)[C@@]34[C@@H](c3ccccc3)C3(C(=O)c5ccccc5C3=O)[C@]2(c2ccccc21)[C@H]1C(=O)c2ccccc2[C@]14O. The Morgan fingerprint density at radius 1 is 0.408 bits per heavy atom. The Balaban J connectivity index is 1.48. The van der Waals surface area contributed by atoms with Gasteiger partial charge in [0.25, 0.3) is 0 Å². The predicted octanol–water partition coefficient (Wildman–Crippen LogP) is 6.33. The Kier molecular flexibility index (Phi) is 4.56. The van der Waals surface area contributed by atoms with Gasteiger partial charge in [-0.05, 0) is 27.8 Å². The molecule has 12 rings (SSSR count). The molecule has 5 aromatic carbocycles. The second kappa shape index (κ2) is 8.23. The first-order valence-corrected chi connectivity index (χ1v) is 16.4. The highest BCUT2D eigenvalue weighted by Gasteiger charge is 2.94. The number of Topliss-reactive ketones (excluding diaryl/α,β-unsaturated/α-hetero) is 5. The van der Waals surface area contributed by atoms with Gasteiger partial charge < -0.3 is 5.11 Å². The highest BCUT2D eigenvalue weighted by Crippen LogP contribution is 2.87. The molecular weight excluding hydrogens is 612 g/mol. The predicted molar refractivity (Wildman–Crippen MR) is 177 cm³/mol. The summed E-state index contributed by atoms with van der Waals surface area (Å²) in [4.78, 5) is 77.9. The van der Waals surface area contributed by atoms with Crippen molar-refractivity contribution in [1.29, 1.82) is 0 Å². The Morgan fingerprint density at radius 3 is 1.51 bits per heavy atom. The third kappa shape index (κ3) is 2.35. The summed E-state index contributed by atoms with van der Waals surface area (Å²) in [5, 5.41) is 14.0. The lowest BCUT2D eigenvalue weighted by atomic mass is 9.28. The van der Waals surface area contributed by atoms with Crippen LogP contribution in [-0.2, 0) is 11.0 Å². The molecular formula is C43H24O6. The normalized spacial score (nSPS) is 30.3. The number of aliphatic hydroxyl groups is 1. The monoisotopic (exact) mass is 636 g/mol. The van der Waals surface area contributed by atoms with Crippen molar-refractivity contribution in [2.24, 2.45) is 16.7 Å². The van der Waals surface area contributed by atoms with Gasteiger partial charge in [0.05, 0.1) is 11.3 Å². The van der Waals surface area contributed by atoms with Crippen LogP contribution in [0, 0.1) is 16.7 Å². The van der Waals surface area contributed by atoms with Crippen LogP contribution in [0.5, 0.6) is 0 Å². The molecule has 232 valence electrons. The molecule has 7 aliphatic rings. The maximum atomic E-state index is 15.8. The average molecular weight is 637 g/mol. The van der Waals surface area contributed by atoms with Gasteiger partial charge in [-0.25, -0.2) is 0 Å². The summed E-state index contributed by atoms with van der Waals surface area (Å²) in [7, 11) is 0. The molecule has 1 fully saturated rings. The van der Waals surface area contributed by atoms with E-state index < -0.39 is 62.6 Å². The molecule has 6 heteroatoms. The number of hydrogen-bond acceptors (Lipinski definition) is 6. The molecule has 5 atom stereocenters. The lowest BCUT2D eigenvalue weighted by Gasteiger charge is -2.70. The molecule has 0 aromatic heterocycles. The Hall–Kier alpha value is -5.85. The molecule has 0 radical (unpaired) electrons. The van der Waals surface area contributed by atoms with Crippen LogP contribution in [0.15, 0.2) is 133 Å². The summed E-state index contributed by atoms with van der Waals surface area (Å²) in [6.07, 6.45) is 0. The highest BCUT2D eigenvalue weighted by molar-refractivity contribution is 6.39. The van der Waals surface area contributed by atoms with Crippen molar-refractivity contribution in [2.45, 2.75) is 16.9 Å². The van der Waals surface area contributed by atoms with Gasteiger partial charge in [0, 0.05) is 39.3 Å². The highest BCUT2D eigenvalue weighted by atomic mass is 16.3. The standard InChI is InChI=1S/C43H24O6/c44-33-27-18-8-10-20-29(27)40-32(33)31-23-14-4-5-15-24(23)37(46)41(31,43(49)30-21-11-9-19-28(30)34(45)36(40)43)35(22-12-2-1-3-13-22)42(40)38(47)25-16-6-7-17-26(25)39(42)48/h1-21,35-36,49H/t35-,36-,40+,41+,43+/m1/s1. The number of rotatable bonds is 1. The number of carbonyl (C=O) groups excluding carboxylic acids is 5. The van der Waals surface area contributed by atoms with Gasteiger partial charge in [-0.1, -0.05) is 127 Å². The zero-order valence-corrected chi connectivity index (χ0v) is 25.8. The van der Waals surface area contributed by atoms with Crippen LogP contribution in [0.2, 0.25) is 0 Å². The number of benzene rings is 5. The van der Waals surface area contributed by atoms with Crippen LogP contribution in [0.25, 0.3) is 5.57 Å². The third-order valence-corrected chi connectivity index (χ3v) is 12.7. The Labute approximate surface area is 279 Å². The molecule has 0 unspecified atom stereocenters. The van der Waals surface area contributed by atoms with Crippen LogP contribution < -0.4 is 0 Å². The molecule has 0 heterocycles. The lowest BCUT2D eigenvalue weighted by Crippen LogP contribution is -2.79. The van der Waals surface area contributed by atoms with E-state index in [2.05, 4.69) is 0 Å². The molecule has 5 aromatic rings. The molecule has 0 saturated heterocycles. The van der Waals surface area contributed by atoms with E-state index in [0.29, 0.717) is 22.3 Å². The largest absolute Gasteiger partial charge is 0.383 e. The fourth-order valence-electron chi connectivity index (χ4n) is 11.6. The molecule has 6 nitrogen and oxygen atoms in total. The van der Waals surface area contributed by atoms with Crippen LogP contribution in [0.1, 0.15) is 80.0 Å². The van der Waals surface area contributed by atoms with Crippen molar-refractivity contribution in [2.75, 3.05) is 0 Å². The van der Waals surface area contributed by atoms with Crippen LogP contribution in [-0.4, -0.2) is 34.0 Å². The van der Waals surface area contributed by atoms with E-state index >= 15 is 24.0 Å². The first-order chi connectivity index (χ1) is 23.8. The quantitative estimate of drug-likeness (QED) is 0.216. The van der Waals surface area contributed by atoms with Gasteiger partial charge in [0.1, 0.15) is 16.4 Å². The second-order valence-corrected chi connectivity index (χ2v) is 14.1. The molecule has 0 aliphatic heterocycles. The van der Waals surface area contributed by atoms with E-state index in [1.807, 2.05) is 6.07 Å². The molecule has 2 bridgehead atoms. The topological polar surface area (TPSA) is 106 Å². The molecule has 0 amide bonds. The Bertz CT molecular complexity index is 2510. The fourth-order valence-corrected chi connectivity index (χ4v) is 11.6. The minimum absolute atomic E-state index is 0.101. The molecule has 1 saturated carbocycles. The van der Waals surface area contributed by atoms with Gasteiger partial charge >= 0.3 is 0 Å². The zero-order chi connectivity index (χ0) is 33.2. The van der Waals surface area contributed by atoms with E-state index in [9.17, 15) is 5.11 Å². The van der Waals surface area contributed by atoms with E-state index in [1.54, 1.807) is 121 Å². The van der Waals surface area contributed by atoms with Crippen molar-refractivity contribution >= 4 is 34.5 Å². The first-order valence-electron chi connectivity index (χ1n) is 16.4. The van der Waals surface area contributed by atoms with Gasteiger partial charge in [-0.3, -0.25) is 24.0 Å². The Morgan fingerprint density at radius 2 is 0.878 bits per heavy atom. The van der Waals surface area contributed by atoms with E-state index in [1.165, 1.54) is 0 Å². The minimum Gasteiger partial charge on any atom is -0.383 e. The summed E-state index contributed by atoms with van der Waals surface area (Å²) in [5.41, 5.74) is -5.36. The average Bonchev–Trinajstić information content (AvgIpc) is 3.74. The third-order valence-electron chi connectivity index (χ3n) is 12.7.